The first-order valence-corrected chi connectivity index (χ1v) is 5.99. The molecule has 94 valence electrons. The van der Waals surface area contributed by atoms with Crippen molar-refractivity contribution in [1.29, 1.82) is 0 Å². The molecular weight excluding hydrogens is 224 g/mol. The maximum Gasteiger partial charge on any atom is 0.138 e. The van der Waals surface area contributed by atoms with E-state index >= 15 is 0 Å². The van der Waals surface area contributed by atoms with E-state index in [9.17, 15) is 5.11 Å². The van der Waals surface area contributed by atoms with Crippen molar-refractivity contribution < 1.29 is 5.11 Å². The second-order valence-corrected chi connectivity index (χ2v) is 4.49. The molecule has 1 aromatic carbocycles. The molecule has 0 spiro atoms. The van der Waals surface area contributed by atoms with Crippen LogP contribution in [0.3, 0.4) is 0 Å². The van der Waals surface area contributed by atoms with Crippen LogP contribution < -0.4 is 4.90 Å². The molecule has 0 saturated carbocycles. The van der Waals surface area contributed by atoms with Gasteiger partial charge in [0, 0.05) is 24.5 Å². The summed E-state index contributed by atoms with van der Waals surface area (Å²) in [6.07, 6.45) is 1.74. The summed E-state index contributed by atoms with van der Waals surface area (Å²) in [4.78, 5) is 6.37. The van der Waals surface area contributed by atoms with Crippen molar-refractivity contribution in [2.75, 3.05) is 11.9 Å². The summed E-state index contributed by atoms with van der Waals surface area (Å²) in [5, 5.41) is 9.36. The minimum Gasteiger partial charge on any atom is -0.392 e. The van der Waals surface area contributed by atoms with Gasteiger partial charge in [-0.3, -0.25) is 0 Å². The molecule has 1 N–H and O–H groups in total. The van der Waals surface area contributed by atoms with Gasteiger partial charge in [0.2, 0.25) is 0 Å². The van der Waals surface area contributed by atoms with Gasteiger partial charge >= 0.3 is 0 Å². The Morgan fingerprint density at radius 2 is 2.00 bits per heavy atom. The van der Waals surface area contributed by atoms with Crippen LogP contribution in [0, 0.1) is 13.8 Å². The molecule has 2 rings (SSSR count). The zero-order chi connectivity index (χ0) is 13.1. The fraction of sp³-hybridized carbons (Fsp3) is 0.267. The van der Waals surface area contributed by atoms with Gasteiger partial charge in [-0.2, -0.15) is 0 Å². The number of nitrogens with zero attached hydrogens (tertiary/aromatic N) is 2. The quantitative estimate of drug-likeness (QED) is 0.899. The molecule has 0 unspecified atom stereocenters. The SMILES string of the molecule is Cc1ccc(N(C)c2ncccc2CO)c(C)c1. The van der Waals surface area contributed by atoms with E-state index in [1.807, 2.05) is 24.1 Å². The summed E-state index contributed by atoms with van der Waals surface area (Å²) in [5.74, 6) is 0.798. The van der Waals surface area contributed by atoms with Crippen molar-refractivity contribution in [3.63, 3.8) is 0 Å². The summed E-state index contributed by atoms with van der Waals surface area (Å²) in [6.45, 7) is 4.16. The topological polar surface area (TPSA) is 36.4 Å². The van der Waals surface area contributed by atoms with Crippen molar-refractivity contribution >= 4 is 11.5 Å². The van der Waals surface area contributed by atoms with E-state index in [1.54, 1.807) is 6.20 Å². The molecule has 18 heavy (non-hydrogen) atoms. The highest BCUT2D eigenvalue weighted by molar-refractivity contribution is 5.65. The Balaban J connectivity index is 2.44. The molecule has 2 aromatic rings. The minimum absolute atomic E-state index is 0.00157. The summed E-state index contributed by atoms with van der Waals surface area (Å²) in [7, 11) is 1.97. The van der Waals surface area contributed by atoms with Crippen molar-refractivity contribution in [2.24, 2.45) is 0 Å². The summed E-state index contributed by atoms with van der Waals surface area (Å²) in [6, 6.07) is 10.0. The Hall–Kier alpha value is -1.87. The molecule has 0 atom stereocenters. The van der Waals surface area contributed by atoms with E-state index in [2.05, 4.69) is 37.0 Å². The van der Waals surface area contributed by atoms with Gasteiger partial charge in [0.15, 0.2) is 0 Å². The molecular formula is C15H18N2O. The van der Waals surface area contributed by atoms with Gasteiger partial charge in [-0.05, 0) is 31.5 Å². The van der Waals surface area contributed by atoms with Crippen LogP contribution in [0.15, 0.2) is 36.5 Å². The van der Waals surface area contributed by atoms with E-state index in [1.165, 1.54) is 11.1 Å². The average molecular weight is 242 g/mol. The van der Waals surface area contributed by atoms with Gasteiger partial charge in [0.1, 0.15) is 5.82 Å². The third-order valence-electron chi connectivity index (χ3n) is 3.07. The lowest BCUT2D eigenvalue weighted by atomic mass is 10.1. The Labute approximate surface area is 108 Å². The number of pyridine rings is 1. The number of hydrogen-bond acceptors (Lipinski definition) is 3. The van der Waals surface area contributed by atoms with Gasteiger partial charge in [-0.15, -0.1) is 0 Å². The Bertz CT molecular complexity index is 552. The number of aliphatic hydroxyl groups excluding tert-OH is 1. The second kappa shape index (κ2) is 5.19. The second-order valence-electron chi connectivity index (χ2n) is 4.49. The zero-order valence-corrected chi connectivity index (χ0v) is 11.0. The summed E-state index contributed by atoms with van der Waals surface area (Å²) < 4.78 is 0. The monoisotopic (exact) mass is 242 g/mol. The van der Waals surface area contributed by atoms with Crippen LogP contribution in [0.25, 0.3) is 0 Å². The maximum absolute atomic E-state index is 9.36. The standard InChI is InChI=1S/C15H18N2O/c1-11-6-7-14(12(2)9-11)17(3)15-13(10-18)5-4-8-16-15/h4-9,18H,10H2,1-3H3. The van der Waals surface area contributed by atoms with Crippen LogP contribution in [0.1, 0.15) is 16.7 Å². The smallest absolute Gasteiger partial charge is 0.138 e. The van der Waals surface area contributed by atoms with E-state index in [0.29, 0.717) is 0 Å². The Kier molecular flexibility index (Phi) is 3.63. The molecule has 0 aliphatic heterocycles. The molecule has 0 radical (unpaired) electrons. The minimum atomic E-state index is -0.00157. The first-order chi connectivity index (χ1) is 8.63. The van der Waals surface area contributed by atoms with E-state index in [4.69, 9.17) is 0 Å². The number of aliphatic hydroxyl groups is 1. The predicted molar refractivity (Wildman–Crippen MR) is 74.1 cm³/mol. The van der Waals surface area contributed by atoms with E-state index < -0.39 is 0 Å². The lowest BCUT2D eigenvalue weighted by Gasteiger charge is -2.22. The van der Waals surface area contributed by atoms with E-state index in [0.717, 1.165) is 17.1 Å². The molecule has 0 aliphatic rings. The molecule has 0 saturated heterocycles. The van der Waals surface area contributed by atoms with Gasteiger partial charge in [-0.25, -0.2) is 4.98 Å². The fourth-order valence-corrected chi connectivity index (χ4v) is 2.15. The van der Waals surface area contributed by atoms with Crippen molar-refractivity contribution in [2.45, 2.75) is 20.5 Å². The number of anilines is 2. The number of benzene rings is 1. The maximum atomic E-state index is 9.36. The lowest BCUT2D eigenvalue weighted by Crippen LogP contribution is -2.14. The van der Waals surface area contributed by atoms with Crippen molar-refractivity contribution in [3.05, 3.63) is 53.2 Å². The third-order valence-corrected chi connectivity index (χ3v) is 3.07. The molecule has 1 aromatic heterocycles. The van der Waals surface area contributed by atoms with Gasteiger partial charge in [0.25, 0.3) is 0 Å². The van der Waals surface area contributed by atoms with Crippen molar-refractivity contribution in [1.82, 2.24) is 4.98 Å². The van der Waals surface area contributed by atoms with Crippen molar-refractivity contribution in [3.8, 4) is 0 Å². The summed E-state index contributed by atoms with van der Waals surface area (Å²) in [5.41, 5.74) is 4.38. The summed E-state index contributed by atoms with van der Waals surface area (Å²) >= 11 is 0. The normalized spacial score (nSPS) is 10.4. The largest absolute Gasteiger partial charge is 0.392 e. The molecule has 0 fully saturated rings. The number of rotatable bonds is 3. The van der Waals surface area contributed by atoms with Crippen LogP contribution >= 0.6 is 0 Å². The molecule has 0 amide bonds. The Morgan fingerprint density at radius 1 is 1.22 bits per heavy atom. The highest BCUT2D eigenvalue weighted by atomic mass is 16.3. The zero-order valence-electron chi connectivity index (χ0n) is 11.0. The molecule has 3 heteroatoms. The van der Waals surface area contributed by atoms with E-state index in [-0.39, 0.29) is 6.61 Å². The predicted octanol–water partition coefficient (Wildman–Crippen LogP) is 2.96. The average Bonchev–Trinajstić information content (AvgIpc) is 2.38. The molecule has 3 nitrogen and oxygen atoms in total. The van der Waals surface area contributed by atoms with Gasteiger partial charge in [-0.1, -0.05) is 23.8 Å². The van der Waals surface area contributed by atoms with Crippen LogP contribution in [0.2, 0.25) is 0 Å². The van der Waals surface area contributed by atoms with Gasteiger partial charge in [0.05, 0.1) is 6.61 Å². The van der Waals surface area contributed by atoms with Crippen LogP contribution in [0.5, 0.6) is 0 Å². The highest BCUT2D eigenvalue weighted by Crippen LogP contribution is 2.28. The number of aryl methyl sites for hydroxylation is 2. The van der Waals surface area contributed by atoms with Gasteiger partial charge < -0.3 is 10.0 Å². The first kappa shape index (κ1) is 12.6. The van der Waals surface area contributed by atoms with Crippen LogP contribution in [-0.2, 0) is 6.61 Å². The number of aromatic nitrogens is 1. The lowest BCUT2D eigenvalue weighted by molar-refractivity contribution is 0.282. The molecule has 0 aliphatic carbocycles. The Morgan fingerprint density at radius 3 is 2.67 bits per heavy atom. The third kappa shape index (κ3) is 2.36. The molecule has 0 bridgehead atoms. The number of hydrogen-bond donors (Lipinski definition) is 1. The molecule has 1 heterocycles. The van der Waals surface area contributed by atoms with Crippen LogP contribution in [0.4, 0.5) is 11.5 Å². The highest BCUT2D eigenvalue weighted by Gasteiger charge is 2.11. The fourth-order valence-electron chi connectivity index (χ4n) is 2.15. The first-order valence-electron chi connectivity index (χ1n) is 5.99. The van der Waals surface area contributed by atoms with Crippen LogP contribution in [-0.4, -0.2) is 17.1 Å².